The molecule has 0 bridgehead atoms. The maximum Gasteiger partial charge on any atom is 0.316 e. The molecule has 3 aromatic carbocycles. The third-order valence-electron chi connectivity index (χ3n) is 4.29. The van der Waals surface area contributed by atoms with Gasteiger partial charge in [-0.25, -0.2) is 0 Å². The first-order valence-electron chi connectivity index (χ1n) is 9.37. The summed E-state index contributed by atoms with van der Waals surface area (Å²) in [5, 5.41) is 2.66. The van der Waals surface area contributed by atoms with Gasteiger partial charge in [0.2, 0.25) is 0 Å². The number of nitrogens with one attached hydrogen (secondary N) is 1. The minimum absolute atomic E-state index is 0.112. The van der Waals surface area contributed by atoms with Crippen LogP contribution in [0.25, 0.3) is 0 Å². The Morgan fingerprint density at radius 3 is 2.30 bits per heavy atom. The van der Waals surface area contributed by atoms with E-state index in [9.17, 15) is 14.4 Å². The highest BCUT2D eigenvalue weighted by atomic mass is 32.2. The van der Waals surface area contributed by atoms with Crippen molar-refractivity contribution in [3.8, 4) is 0 Å². The predicted molar refractivity (Wildman–Crippen MR) is 118 cm³/mol. The van der Waals surface area contributed by atoms with Crippen molar-refractivity contribution < 1.29 is 19.1 Å². The van der Waals surface area contributed by atoms with E-state index in [0.717, 1.165) is 10.5 Å². The summed E-state index contributed by atoms with van der Waals surface area (Å²) in [6.07, 6.45) is 0. The minimum Gasteiger partial charge on any atom is -0.455 e. The zero-order valence-electron chi connectivity index (χ0n) is 16.5. The van der Waals surface area contributed by atoms with Crippen molar-refractivity contribution in [2.24, 2.45) is 0 Å². The first kappa shape index (κ1) is 21.3. The second-order valence-corrected chi connectivity index (χ2v) is 7.52. The molecule has 0 aliphatic carbocycles. The Morgan fingerprint density at radius 1 is 0.867 bits per heavy atom. The van der Waals surface area contributed by atoms with Crippen LogP contribution < -0.4 is 5.32 Å². The highest BCUT2D eigenvalue weighted by molar-refractivity contribution is 8.00. The van der Waals surface area contributed by atoms with Crippen molar-refractivity contribution in [1.82, 2.24) is 0 Å². The molecule has 0 radical (unpaired) electrons. The van der Waals surface area contributed by atoms with E-state index in [0.29, 0.717) is 16.8 Å². The van der Waals surface area contributed by atoms with Gasteiger partial charge in [-0.3, -0.25) is 14.4 Å². The Balaban J connectivity index is 1.55. The Hall–Kier alpha value is -3.38. The largest absolute Gasteiger partial charge is 0.455 e. The maximum atomic E-state index is 12.7. The number of ether oxygens (including phenoxy) is 1. The van der Waals surface area contributed by atoms with E-state index in [-0.39, 0.29) is 11.5 Å². The van der Waals surface area contributed by atoms with Gasteiger partial charge in [0.05, 0.1) is 11.4 Å². The number of amides is 1. The van der Waals surface area contributed by atoms with Gasteiger partial charge in [-0.1, -0.05) is 60.7 Å². The molecule has 5 nitrogen and oxygen atoms in total. The zero-order chi connectivity index (χ0) is 21.3. The van der Waals surface area contributed by atoms with Crippen molar-refractivity contribution in [1.29, 1.82) is 0 Å². The van der Waals surface area contributed by atoms with Crippen LogP contribution in [0.5, 0.6) is 0 Å². The van der Waals surface area contributed by atoms with Crippen molar-refractivity contribution in [3.05, 3.63) is 95.6 Å². The van der Waals surface area contributed by atoms with Crippen molar-refractivity contribution in [2.45, 2.75) is 11.8 Å². The SMILES string of the molecule is Cc1ccccc1SCC(=O)OCC(=O)Nc1ccccc1C(=O)c1ccccc1. The highest BCUT2D eigenvalue weighted by Gasteiger charge is 2.15. The van der Waals surface area contributed by atoms with Crippen LogP contribution in [0.3, 0.4) is 0 Å². The van der Waals surface area contributed by atoms with Gasteiger partial charge in [0, 0.05) is 16.0 Å². The van der Waals surface area contributed by atoms with E-state index >= 15 is 0 Å². The second-order valence-electron chi connectivity index (χ2n) is 6.50. The van der Waals surface area contributed by atoms with Crippen molar-refractivity contribution in [3.63, 3.8) is 0 Å². The number of carbonyl (C=O) groups is 3. The fourth-order valence-electron chi connectivity index (χ4n) is 2.76. The summed E-state index contributed by atoms with van der Waals surface area (Å²) < 4.78 is 5.07. The molecule has 0 heterocycles. The molecule has 0 atom stereocenters. The summed E-state index contributed by atoms with van der Waals surface area (Å²) in [7, 11) is 0. The molecule has 0 aliphatic rings. The third kappa shape index (κ3) is 5.81. The summed E-state index contributed by atoms with van der Waals surface area (Å²) in [4.78, 5) is 37.9. The van der Waals surface area contributed by atoms with Crippen LogP contribution in [0.4, 0.5) is 5.69 Å². The van der Waals surface area contributed by atoms with Crippen LogP contribution in [0.2, 0.25) is 0 Å². The summed E-state index contributed by atoms with van der Waals surface area (Å²) >= 11 is 1.36. The lowest BCUT2D eigenvalue weighted by atomic mass is 10.0. The van der Waals surface area contributed by atoms with Crippen molar-refractivity contribution >= 4 is 35.1 Å². The van der Waals surface area contributed by atoms with Gasteiger partial charge in [-0.15, -0.1) is 11.8 Å². The van der Waals surface area contributed by atoms with Gasteiger partial charge in [0.25, 0.3) is 5.91 Å². The number of benzene rings is 3. The second kappa shape index (κ2) is 10.4. The van der Waals surface area contributed by atoms with Crippen molar-refractivity contribution in [2.75, 3.05) is 17.7 Å². The first-order valence-corrected chi connectivity index (χ1v) is 10.4. The number of esters is 1. The highest BCUT2D eigenvalue weighted by Crippen LogP contribution is 2.22. The lowest BCUT2D eigenvalue weighted by Crippen LogP contribution is -2.22. The molecule has 3 rings (SSSR count). The maximum absolute atomic E-state index is 12.7. The van der Waals surface area contributed by atoms with Gasteiger partial charge < -0.3 is 10.1 Å². The van der Waals surface area contributed by atoms with Gasteiger partial charge in [-0.2, -0.15) is 0 Å². The van der Waals surface area contributed by atoms with Crippen LogP contribution in [0, 0.1) is 6.92 Å². The fourth-order valence-corrected chi connectivity index (χ4v) is 3.59. The quantitative estimate of drug-likeness (QED) is 0.331. The number of para-hydroxylation sites is 1. The Bertz CT molecular complexity index is 1050. The molecule has 0 aromatic heterocycles. The molecule has 0 saturated heterocycles. The zero-order valence-corrected chi connectivity index (χ0v) is 17.3. The predicted octanol–water partition coefficient (Wildman–Crippen LogP) is 4.50. The van der Waals surface area contributed by atoms with Crippen LogP contribution in [0.1, 0.15) is 21.5 Å². The minimum atomic E-state index is -0.502. The number of hydrogen-bond donors (Lipinski definition) is 1. The Labute approximate surface area is 179 Å². The molecular formula is C24H21NO4S. The smallest absolute Gasteiger partial charge is 0.316 e. The molecule has 0 spiro atoms. The number of thioether (sulfide) groups is 1. The standard InChI is InChI=1S/C24H21NO4S/c1-17-9-5-8-14-21(17)30-16-23(27)29-15-22(26)25-20-13-7-6-12-19(20)24(28)18-10-3-2-4-11-18/h2-14H,15-16H2,1H3,(H,25,26). The molecule has 0 aliphatic heterocycles. The lowest BCUT2D eigenvalue weighted by molar-refractivity contribution is -0.144. The molecule has 0 unspecified atom stereocenters. The van der Waals surface area contributed by atoms with E-state index in [1.807, 2.05) is 37.3 Å². The summed E-state index contributed by atoms with van der Waals surface area (Å²) in [6, 6.07) is 23.3. The molecule has 1 N–H and O–H groups in total. The van der Waals surface area contributed by atoms with E-state index in [1.54, 1.807) is 48.5 Å². The van der Waals surface area contributed by atoms with E-state index in [2.05, 4.69) is 5.32 Å². The Morgan fingerprint density at radius 2 is 1.53 bits per heavy atom. The number of anilines is 1. The van der Waals surface area contributed by atoms with Gasteiger partial charge >= 0.3 is 5.97 Å². The van der Waals surface area contributed by atoms with Crippen LogP contribution in [0.15, 0.2) is 83.8 Å². The van der Waals surface area contributed by atoms with Gasteiger partial charge in [0.1, 0.15) is 0 Å². The van der Waals surface area contributed by atoms with Crippen LogP contribution in [-0.2, 0) is 14.3 Å². The van der Waals surface area contributed by atoms with Crippen LogP contribution >= 0.6 is 11.8 Å². The third-order valence-corrected chi connectivity index (χ3v) is 5.43. The number of aryl methyl sites for hydroxylation is 1. The summed E-state index contributed by atoms with van der Waals surface area (Å²) in [5.74, 6) is -1.07. The van der Waals surface area contributed by atoms with E-state index in [4.69, 9.17) is 4.74 Å². The first-order chi connectivity index (χ1) is 14.5. The van der Waals surface area contributed by atoms with Gasteiger partial charge in [-0.05, 0) is 30.7 Å². The molecule has 152 valence electrons. The summed E-state index contributed by atoms with van der Waals surface area (Å²) in [6.45, 7) is 1.55. The van der Waals surface area contributed by atoms with Crippen LogP contribution in [-0.4, -0.2) is 30.0 Å². The van der Waals surface area contributed by atoms with E-state index < -0.39 is 18.5 Å². The molecule has 3 aromatic rings. The molecule has 6 heteroatoms. The number of carbonyl (C=O) groups excluding carboxylic acids is 3. The number of ketones is 1. The molecule has 0 saturated carbocycles. The van der Waals surface area contributed by atoms with E-state index in [1.165, 1.54) is 11.8 Å². The fraction of sp³-hybridized carbons (Fsp3) is 0.125. The molecule has 30 heavy (non-hydrogen) atoms. The molecular weight excluding hydrogens is 398 g/mol. The number of rotatable bonds is 8. The average molecular weight is 420 g/mol. The monoisotopic (exact) mass is 419 g/mol. The summed E-state index contributed by atoms with van der Waals surface area (Å²) in [5.41, 5.74) is 2.35. The lowest BCUT2D eigenvalue weighted by Gasteiger charge is -2.11. The topological polar surface area (TPSA) is 72.5 Å². The molecule has 0 fully saturated rings. The Kier molecular flexibility index (Phi) is 7.40. The van der Waals surface area contributed by atoms with Gasteiger partial charge in [0.15, 0.2) is 12.4 Å². The average Bonchev–Trinajstić information content (AvgIpc) is 2.77. The normalized spacial score (nSPS) is 10.3. The molecule has 1 amide bonds. The number of hydrogen-bond acceptors (Lipinski definition) is 5.